The summed E-state index contributed by atoms with van der Waals surface area (Å²) < 4.78 is 5.12. The lowest BCUT2D eigenvalue weighted by Gasteiger charge is -2.31. The van der Waals surface area contributed by atoms with Gasteiger partial charge in [0.05, 0.1) is 11.4 Å². The molecule has 0 aromatic carbocycles. The van der Waals surface area contributed by atoms with E-state index < -0.39 is 0 Å². The van der Waals surface area contributed by atoms with Gasteiger partial charge in [-0.3, -0.25) is 4.79 Å². The van der Waals surface area contributed by atoms with E-state index in [2.05, 4.69) is 5.16 Å². The Labute approximate surface area is 124 Å². The quantitative estimate of drug-likeness (QED) is 0.896. The van der Waals surface area contributed by atoms with Crippen LogP contribution in [0.2, 0.25) is 0 Å². The van der Waals surface area contributed by atoms with E-state index in [1.54, 1.807) is 11.8 Å². The minimum absolute atomic E-state index is 0.234. The summed E-state index contributed by atoms with van der Waals surface area (Å²) in [6, 6.07) is 0. The van der Waals surface area contributed by atoms with Gasteiger partial charge in [0, 0.05) is 24.4 Å². The van der Waals surface area contributed by atoms with Crippen LogP contribution in [0.5, 0.6) is 0 Å². The van der Waals surface area contributed by atoms with Gasteiger partial charge < -0.3 is 15.2 Å². The lowest BCUT2D eigenvalue weighted by Crippen LogP contribution is -2.40. The molecule has 1 aliphatic rings. The molecule has 1 saturated heterocycles. The second-order valence-corrected chi connectivity index (χ2v) is 6.34. The summed E-state index contributed by atoms with van der Waals surface area (Å²) in [6.45, 7) is 6.29. The summed E-state index contributed by atoms with van der Waals surface area (Å²) in [4.78, 5) is 14.1. The number of carbonyl (C=O) groups excluding carboxylic acids is 1. The molecule has 20 heavy (non-hydrogen) atoms. The van der Waals surface area contributed by atoms with Gasteiger partial charge in [0.1, 0.15) is 5.76 Å². The molecular formula is C14H23N3O2S. The number of nitrogens with two attached hydrogens (primary N) is 1. The molecule has 2 heterocycles. The first-order valence-corrected chi connectivity index (χ1v) is 8.24. The average Bonchev–Trinajstić information content (AvgIpc) is 2.79. The largest absolute Gasteiger partial charge is 0.361 e. The number of nitrogens with zero attached hydrogens (tertiary/aromatic N) is 2. The van der Waals surface area contributed by atoms with Crippen molar-refractivity contribution in [2.45, 2.75) is 32.4 Å². The van der Waals surface area contributed by atoms with E-state index in [-0.39, 0.29) is 5.91 Å². The Balaban J connectivity index is 1.73. The van der Waals surface area contributed by atoms with E-state index in [4.69, 9.17) is 10.3 Å². The van der Waals surface area contributed by atoms with Crippen molar-refractivity contribution in [2.24, 2.45) is 11.7 Å². The summed E-state index contributed by atoms with van der Waals surface area (Å²) in [5.74, 6) is 2.99. The summed E-state index contributed by atoms with van der Waals surface area (Å²) in [5.41, 5.74) is 7.70. The van der Waals surface area contributed by atoms with Crippen molar-refractivity contribution in [1.82, 2.24) is 10.1 Å². The smallest absolute Gasteiger partial charge is 0.232 e. The Morgan fingerprint density at radius 3 is 2.70 bits per heavy atom. The molecule has 0 aliphatic carbocycles. The van der Waals surface area contributed by atoms with Crippen LogP contribution in [-0.2, 0) is 10.5 Å². The number of hydrogen-bond donors (Lipinski definition) is 1. The molecule has 2 N–H and O–H groups in total. The summed E-state index contributed by atoms with van der Waals surface area (Å²) in [5, 5.41) is 3.93. The lowest BCUT2D eigenvalue weighted by atomic mass is 9.97. The fraction of sp³-hybridized carbons (Fsp3) is 0.714. The van der Waals surface area contributed by atoms with Gasteiger partial charge in [0.25, 0.3) is 0 Å². The van der Waals surface area contributed by atoms with Crippen LogP contribution in [0.1, 0.15) is 29.9 Å². The van der Waals surface area contributed by atoms with Crippen LogP contribution in [0.4, 0.5) is 0 Å². The van der Waals surface area contributed by atoms with E-state index in [0.29, 0.717) is 11.7 Å². The molecule has 0 bridgehead atoms. The molecule has 0 radical (unpaired) electrons. The Bertz CT molecular complexity index is 434. The first-order valence-electron chi connectivity index (χ1n) is 7.09. The number of thioether (sulfide) groups is 1. The highest BCUT2D eigenvalue weighted by atomic mass is 32.2. The van der Waals surface area contributed by atoms with Crippen LogP contribution in [0.3, 0.4) is 0 Å². The first kappa shape index (κ1) is 15.4. The third kappa shape index (κ3) is 3.76. The highest BCUT2D eigenvalue weighted by Crippen LogP contribution is 2.21. The van der Waals surface area contributed by atoms with Crippen LogP contribution in [0.25, 0.3) is 0 Å². The minimum atomic E-state index is 0.234. The van der Waals surface area contributed by atoms with Crippen molar-refractivity contribution in [3.05, 3.63) is 17.0 Å². The molecule has 6 heteroatoms. The fourth-order valence-corrected chi connectivity index (χ4v) is 3.53. The Morgan fingerprint density at radius 2 is 2.15 bits per heavy atom. The predicted octanol–water partition coefficient (Wildman–Crippen LogP) is 1.72. The Hall–Kier alpha value is -1.01. The molecule has 1 aliphatic heterocycles. The molecule has 0 atom stereocenters. The molecule has 0 saturated carbocycles. The number of rotatable bonds is 5. The summed E-state index contributed by atoms with van der Waals surface area (Å²) >= 11 is 1.63. The van der Waals surface area contributed by atoms with Gasteiger partial charge in [-0.25, -0.2) is 0 Å². The van der Waals surface area contributed by atoms with Gasteiger partial charge in [0.2, 0.25) is 5.91 Å². The molecule has 1 fully saturated rings. The van der Waals surface area contributed by atoms with Crippen molar-refractivity contribution >= 4 is 17.7 Å². The van der Waals surface area contributed by atoms with E-state index in [1.807, 2.05) is 18.7 Å². The van der Waals surface area contributed by atoms with Crippen LogP contribution in [-0.4, -0.2) is 41.4 Å². The van der Waals surface area contributed by atoms with Gasteiger partial charge in [-0.15, -0.1) is 11.8 Å². The Morgan fingerprint density at radius 1 is 1.45 bits per heavy atom. The molecule has 2 rings (SSSR count). The molecule has 0 spiro atoms. The molecule has 5 nitrogen and oxygen atoms in total. The van der Waals surface area contributed by atoms with Crippen molar-refractivity contribution in [3.8, 4) is 0 Å². The van der Waals surface area contributed by atoms with Gasteiger partial charge in [-0.05, 0) is 39.2 Å². The number of piperidine rings is 1. The number of carbonyl (C=O) groups is 1. The SMILES string of the molecule is Cc1noc(C)c1CSCC(=O)N1CCC(CN)CC1. The van der Waals surface area contributed by atoms with E-state index in [9.17, 15) is 4.79 Å². The van der Waals surface area contributed by atoms with Crippen molar-refractivity contribution < 1.29 is 9.32 Å². The average molecular weight is 297 g/mol. The first-order chi connectivity index (χ1) is 9.61. The van der Waals surface area contributed by atoms with Crippen LogP contribution in [0, 0.1) is 19.8 Å². The van der Waals surface area contributed by atoms with Gasteiger partial charge >= 0.3 is 0 Å². The third-order valence-electron chi connectivity index (χ3n) is 3.95. The van der Waals surface area contributed by atoms with Gasteiger partial charge in [0.15, 0.2) is 0 Å². The second-order valence-electron chi connectivity index (χ2n) is 5.36. The Kier molecular flexibility index (Phi) is 5.48. The van der Waals surface area contributed by atoms with Crippen LogP contribution >= 0.6 is 11.8 Å². The third-order valence-corrected chi connectivity index (χ3v) is 4.90. The van der Waals surface area contributed by atoms with Crippen LogP contribution < -0.4 is 5.73 Å². The standard InChI is InChI=1S/C14H23N3O2S/c1-10-13(11(2)19-16-10)8-20-9-14(18)17-5-3-12(7-15)4-6-17/h12H,3-9,15H2,1-2H3. The summed E-state index contributed by atoms with van der Waals surface area (Å²) in [7, 11) is 0. The molecule has 0 unspecified atom stereocenters. The molecule has 1 aromatic heterocycles. The number of amides is 1. The monoisotopic (exact) mass is 297 g/mol. The molecular weight excluding hydrogens is 274 g/mol. The molecule has 1 aromatic rings. The fourth-order valence-electron chi connectivity index (χ4n) is 2.46. The zero-order valence-corrected chi connectivity index (χ0v) is 13.0. The van der Waals surface area contributed by atoms with Gasteiger partial charge in [-0.2, -0.15) is 0 Å². The lowest BCUT2D eigenvalue weighted by molar-refractivity contribution is -0.129. The van der Waals surface area contributed by atoms with E-state index >= 15 is 0 Å². The maximum Gasteiger partial charge on any atom is 0.232 e. The zero-order chi connectivity index (χ0) is 14.5. The second kappa shape index (κ2) is 7.13. The highest BCUT2D eigenvalue weighted by Gasteiger charge is 2.21. The molecule has 112 valence electrons. The van der Waals surface area contributed by atoms with Crippen molar-refractivity contribution in [2.75, 3.05) is 25.4 Å². The van der Waals surface area contributed by atoms with E-state index in [0.717, 1.165) is 55.2 Å². The minimum Gasteiger partial charge on any atom is -0.361 e. The zero-order valence-electron chi connectivity index (χ0n) is 12.2. The normalized spacial score (nSPS) is 16.6. The van der Waals surface area contributed by atoms with Crippen molar-refractivity contribution in [1.29, 1.82) is 0 Å². The van der Waals surface area contributed by atoms with Crippen molar-refractivity contribution in [3.63, 3.8) is 0 Å². The topological polar surface area (TPSA) is 72.4 Å². The van der Waals surface area contributed by atoms with E-state index in [1.165, 1.54) is 0 Å². The number of likely N-dealkylation sites (tertiary alicyclic amines) is 1. The summed E-state index contributed by atoms with van der Waals surface area (Å²) in [6.07, 6.45) is 2.08. The number of aryl methyl sites for hydroxylation is 2. The van der Waals surface area contributed by atoms with Gasteiger partial charge in [-0.1, -0.05) is 5.16 Å². The van der Waals surface area contributed by atoms with Crippen LogP contribution in [0.15, 0.2) is 4.52 Å². The maximum atomic E-state index is 12.1. The highest BCUT2D eigenvalue weighted by molar-refractivity contribution is 7.99. The maximum absolute atomic E-state index is 12.1. The predicted molar refractivity (Wildman–Crippen MR) is 80.5 cm³/mol. The number of hydrogen-bond acceptors (Lipinski definition) is 5. The molecule has 1 amide bonds. The number of aromatic nitrogens is 1.